The summed E-state index contributed by atoms with van der Waals surface area (Å²) >= 11 is 0. The van der Waals surface area contributed by atoms with E-state index in [1.807, 2.05) is 49.4 Å². The average Bonchev–Trinajstić information content (AvgIpc) is 3.53. The number of hydrogen-bond donors (Lipinski definition) is 2. The lowest BCUT2D eigenvalue weighted by atomic mass is 9.73. The number of aliphatic carboxylic acids is 1. The van der Waals surface area contributed by atoms with Gasteiger partial charge in [-0.2, -0.15) is 0 Å². The summed E-state index contributed by atoms with van der Waals surface area (Å²) in [6.45, 7) is 2.43. The third-order valence-corrected chi connectivity index (χ3v) is 6.33. The van der Waals surface area contributed by atoms with E-state index < -0.39 is 17.5 Å². The number of hydrogen-bond acceptors (Lipinski definition) is 3. The summed E-state index contributed by atoms with van der Waals surface area (Å²) in [7, 11) is 0. The Labute approximate surface area is 171 Å². The van der Waals surface area contributed by atoms with Gasteiger partial charge in [0.25, 0.3) is 5.91 Å². The van der Waals surface area contributed by atoms with Gasteiger partial charge in [-0.1, -0.05) is 60.9 Å². The highest BCUT2D eigenvalue weighted by Gasteiger charge is 2.52. The molecule has 2 N–H and O–H groups in total. The number of nitrogens with zero attached hydrogens (tertiary/aromatic N) is 1. The molecule has 1 saturated heterocycles. The largest absolute Gasteiger partial charge is 0.481 e. The monoisotopic (exact) mass is 393 g/mol. The van der Waals surface area contributed by atoms with Crippen molar-refractivity contribution in [1.82, 2.24) is 4.90 Å². The van der Waals surface area contributed by atoms with Gasteiger partial charge in [-0.3, -0.25) is 9.59 Å². The normalized spacial score (nSPS) is 24.3. The fourth-order valence-electron chi connectivity index (χ4n) is 4.49. The van der Waals surface area contributed by atoms with Gasteiger partial charge in [0.15, 0.2) is 0 Å². The van der Waals surface area contributed by atoms with Crippen LogP contribution in [-0.4, -0.2) is 46.2 Å². The standard InChI is InChI=1S/C24H27NO4/c1-16-5-4-6-18(13-16)19-7-2-3-8-20(19)22(27)25-12-11-21(26)24(15-25,23(28)29)14-17-9-10-17/h2-8,13,17,21,26H,9-12,14-15H2,1H3,(H,28,29)/t21-,24+/m0/s1. The number of carboxylic acids is 1. The molecule has 1 aliphatic heterocycles. The molecule has 1 heterocycles. The molecule has 2 aromatic rings. The first kappa shape index (κ1) is 19.6. The summed E-state index contributed by atoms with van der Waals surface area (Å²) in [5, 5.41) is 20.6. The fraction of sp³-hybridized carbons (Fsp3) is 0.417. The summed E-state index contributed by atoms with van der Waals surface area (Å²) < 4.78 is 0. The van der Waals surface area contributed by atoms with Gasteiger partial charge >= 0.3 is 5.97 Å². The number of aliphatic hydroxyl groups excluding tert-OH is 1. The minimum atomic E-state index is -1.27. The molecular weight excluding hydrogens is 366 g/mol. The summed E-state index contributed by atoms with van der Waals surface area (Å²) in [5.41, 5.74) is 2.22. The van der Waals surface area contributed by atoms with Crippen molar-refractivity contribution in [3.05, 3.63) is 59.7 Å². The molecule has 1 aliphatic carbocycles. The first-order valence-corrected chi connectivity index (χ1v) is 10.3. The zero-order valence-corrected chi connectivity index (χ0v) is 16.7. The number of amides is 1. The Morgan fingerprint density at radius 1 is 1.10 bits per heavy atom. The Morgan fingerprint density at radius 3 is 2.55 bits per heavy atom. The number of piperidine rings is 1. The summed E-state index contributed by atoms with van der Waals surface area (Å²) in [6, 6.07) is 15.5. The predicted molar refractivity (Wildman–Crippen MR) is 111 cm³/mol. The Kier molecular flexibility index (Phi) is 5.17. The molecule has 2 fully saturated rings. The molecule has 0 bridgehead atoms. The van der Waals surface area contributed by atoms with E-state index in [-0.39, 0.29) is 18.9 Å². The molecule has 5 heteroatoms. The quantitative estimate of drug-likeness (QED) is 0.811. The summed E-state index contributed by atoms with van der Waals surface area (Å²) in [5.74, 6) is -0.827. The zero-order valence-electron chi connectivity index (χ0n) is 16.7. The lowest BCUT2D eigenvalue weighted by molar-refractivity contribution is -0.163. The molecule has 0 unspecified atom stereocenters. The van der Waals surface area contributed by atoms with Crippen molar-refractivity contribution in [2.24, 2.45) is 11.3 Å². The maximum atomic E-state index is 13.4. The van der Waals surface area contributed by atoms with Crippen molar-refractivity contribution in [3.63, 3.8) is 0 Å². The SMILES string of the molecule is Cc1cccc(-c2ccccc2C(=O)N2CC[C@H](O)[C@](CC3CC3)(C(=O)O)C2)c1. The first-order chi connectivity index (χ1) is 13.9. The third kappa shape index (κ3) is 3.79. The highest BCUT2D eigenvalue weighted by Crippen LogP contribution is 2.45. The number of carbonyl (C=O) groups is 2. The van der Waals surface area contributed by atoms with Crippen molar-refractivity contribution < 1.29 is 19.8 Å². The molecule has 0 aromatic heterocycles. The molecular formula is C24H27NO4. The van der Waals surface area contributed by atoms with E-state index in [9.17, 15) is 19.8 Å². The van der Waals surface area contributed by atoms with E-state index in [1.165, 1.54) is 0 Å². The second-order valence-electron chi connectivity index (χ2n) is 8.56. The van der Waals surface area contributed by atoms with Gasteiger partial charge < -0.3 is 15.1 Å². The van der Waals surface area contributed by atoms with Gasteiger partial charge in [0.1, 0.15) is 5.41 Å². The maximum absolute atomic E-state index is 13.4. The van der Waals surface area contributed by atoms with E-state index in [0.29, 0.717) is 24.4 Å². The van der Waals surface area contributed by atoms with Gasteiger partial charge in [-0.15, -0.1) is 0 Å². The molecule has 0 radical (unpaired) electrons. The number of likely N-dealkylation sites (tertiary alicyclic amines) is 1. The van der Waals surface area contributed by atoms with Crippen molar-refractivity contribution in [3.8, 4) is 11.1 Å². The van der Waals surface area contributed by atoms with Crippen LogP contribution >= 0.6 is 0 Å². The Bertz CT molecular complexity index is 936. The zero-order chi connectivity index (χ0) is 20.6. The van der Waals surface area contributed by atoms with E-state index in [2.05, 4.69) is 0 Å². The molecule has 4 rings (SSSR count). The second kappa shape index (κ2) is 7.64. The fourth-order valence-corrected chi connectivity index (χ4v) is 4.49. The molecule has 152 valence electrons. The number of benzene rings is 2. The number of aryl methyl sites for hydroxylation is 1. The highest BCUT2D eigenvalue weighted by molar-refractivity contribution is 6.01. The molecule has 1 amide bonds. The second-order valence-corrected chi connectivity index (χ2v) is 8.56. The van der Waals surface area contributed by atoms with Crippen LogP contribution in [-0.2, 0) is 4.79 Å². The summed E-state index contributed by atoms with van der Waals surface area (Å²) in [4.78, 5) is 27.3. The van der Waals surface area contributed by atoms with Crippen LogP contribution in [0.3, 0.4) is 0 Å². The lowest BCUT2D eigenvalue weighted by Crippen LogP contribution is -2.57. The van der Waals surface area contributed by atoms with E-state index in [4.69, 9.17) is 0 Å². The van der Waals surface area contributed by atoms with E-state index in [1.54, 1.807) is 11.0 Å². The molecule has 1 saturated carbocycles. The topological polar surface area (TPSA) is 77.8 Å². The van der Waals surface area contributed by atoms with Gasteiger partial charge in [0.2, 0.25) is 0 Å². The van der Waals surface area contributed by atoms with Crippen LogP contribution in [0.4, 0.5) is 0 Å². The average molecular weight is 393 g/mol. The Balaban J connectivity index is 1.66. The van der Waals surface area contributed by atoms with Crippen LogP contribution < -0.4 is 0 Å². The number of carboxylic acid groups (broad SMARTS) is 1. The number of aliphatic hydroxyl groups is 1. The predicted octanol–water partition coefficient (Wildman–Crippen LogP) is 3.74. The summed E-state index contributed by atoms with van der Waals surface area (Å²) in [6.07, 6.45) is 1.82. The maximum Gasteiger partial charge on any atom is 0.314 e. The van der Waals surface area contributed by atoms with Gasteiger partial charge in [0, 0.05) is 18.7 Å². The molecule has 0 spiro atoms. The molecule has 29 heavy (non-hydrogen) atoms. The highest BCUT2D eigenvalue weighted by atomic mass is 16.4. The van der Waals surface area contributed by atoms with Crippen LogP contribution in [0.25, 0.3) is 11.1 Å². The lowest BCUT2D eigenvalue weighted by Gasteiger charge is -2.43. The van der Waals surface area contributed by atoms with Crippen LogP contribution in [0, 0.1) is 18.3 Å². The molecule has 2 aromatic carbocycles. The minimum Gasteiger partial charge on any atom is -0.481 e. The van der Waals surface area contributed by atoms with E-state index >= 15 is 0 Å². The minimum absolute atomic E-state index is 0.0565. The molecule has 5 nitrogen and oxygen atoms in total. The van der Waals surface area contributed by atoms with Gasteiger partial charge in [-0.25, -0.2) is 0 Å². The van der Waals surface area contributed by atoms with Crippen LogP contribution in [0.1, 0.15) is 41.6 Å². The van der Waals surface area contributed by atoms with Crippen molar-refractivity contribution in [2.75, 3.05) is 13.1 Å². The third-order valence-electron chi connectivity index (χ3n) is 6.33. The smallest absolute Gasteiger partial charge is 0.314 e. The van der Waals surface area contributed by atoms with Crippen molar-refractivity contribution in [2.45, 2.75) is 38.7 Å². The molecule has 2 aliphatic rings. The van der Waals surface area contributed by atoms with Crippen molar-refractivity contribution >= 4 is 11.9 Å². The van der Waals surface area contributed by atoms with Crippen molar-refractivity contribution in [1.29, 1.82) is 0 Å². The number of rotatable bonds is 5. The van der Waals surface area contributed by atoms with E-state index in [0.717, 1.165) is 29.5 Å². The first-order valence-electron chi connectivity index (χ1n) is 10.3. The van der Waals surface area contributed by atoms with Crippen LogP contribution in [0.15, 0.2) is 48.5 Å². The Morgan fingerprint density at radius 2 is 1.86 bits per heavy atom. The Hall–Kier alpha value is -2.66. The molecule has 2 atom stereocenters. The van der Waals surface area contributed by atoms with Crippen LogP contribution in [0.2, 0.25) is 0 Å². The van der Waals surface area contributed by atoms with Crippen LogP contribution in [0.5, 0.6) is 0 Å². The van der Waals surface area contributed by atoms with Gasteiger partial charge in [0.05, 0.1) is 6.10 Å². The van der Waals surface area contributed by atoms with Gasteiger partial charge in [-0.05, 0) is 42.9 Å². The number of carbonyl (C=O) groups excluding carboxylic acids is 1.